The molecule has 1 aromatic heterocycles. The summed E-state index contributed by atoms with van der Waals surface area (Å²) in [6.45, 7) is 1.54. The van der Waals surface area contributed by atoms with E-state index in [4.69, 9.17) is 0 Å². The largest absolute Gasteiger partial charge is 0.364 e. The Morgan fingerprint density at radius 3 is 1.97 bits per heavy atom. The molecule has 2 nitrogen and oxygen atoms in total. The zero-order valence-electron chi connectivity index (χ0n) is 19.9. The Labute approximate surface area is 222 Å². The van der Waals surface area contributed by atoms with Crippen molar-refractivity contribution in [1.82, 2.24) is 9.47 Å². The summed E-state index contributed by atoms with van der Waals surface area (Å²) in [4.78, 5) is 2.46. The van der Waals surface area contributed by atoms with Crippen molar-refractivity contribution in [1.29, 1.82) is 0 Å². The van der Waals surface area contributed by atoms with Gasteiger partial charge < -0.3 is 9.47 Å². The molecule has 1 unspecified atom stereocenters. The third kappa shape index (κ3) is 4.74. The number of fused-ring (bicyclic) bond motifs is 3. The predicted octanol–water partition coefficient (Wildman–Crippen LogP) is 8.18. The first-order valence-electron chi connectivity index (χ1n) is 12.1. The van der Waals surface area contributed by atoms with Crippen LogP contribution >= 0.6 is 17.0 Å². The van der Waals surface area contributed by atoms with Gasteiger partial charge in [0, 0.05) is 41.4 Å². The Hall–Kier alpha value is -3.63. The SMILES string of the molecule is Br.Fc1ccc(Cn2c3c(c4ccccc42)C=CN(Cc2ccccc2)C3Cc2ccccc2)cc1. The van der Waals surface area contributed by atoms with E-state index < -0.39 is 0 Å². The van der Waals surface area contributed by atoms with E-state index in [9.17, 15) is 4.39 Å². The molecule has 0 aliphatic carbocycles. The number of hydrogen-bond acceptors (Lipinski definition) is 1. The number of halogens is 2. The molecular weight excluding hydrogens is 511 g/mol. The quantitative estimate of drug-likeness (QED) is 0.211. The van der Waals surface area contributed by atoms with E-state index in [1.807, 2.05) is 12.1 Å². The topological polar surface area (TPSA) is 8.17 Å². The monoisotopic (exact) mass is 538 g/mol. The summed E-state index contributed by atoms with van der Waals surface area (Å²) < 4.78 is 16.1. The fourth-order valence-corrected chi connectivity index (χ4v) is 5.27. The van der Waals surface area contributed by atoms with Crippen molar-refractivity contribution >= 4 is 34.0 Å². The fourth-order valence-electron chi connectivity index (χ4n) is 5.27. The second-order valence-corrected chi connectivity index (χ2v) is 9.21. The molecule has 0 radical (unpaired) electrons. The first-order valence-corrected chi connectivity index (χ1v) is 12.1. The molecule has 0 spiro atoms. The Morgan fingerprint density at radius 2 is 1.25 bits per heavy atom. The van der Waals surface area contributed by atoms with Crippen molar-refractivity contribution in [3.8, 4) is 0 Å². The van der Waals surface area contributed by atoms with Crippen LogP contribution < -0.4 is 0 Å². The van der Waals surface area contributed by atoms with Gasteiger partial charge in [-0.05, 0) is 47.4 Å². The molecule has 1 aliphatic rings. The number of para-hydroxylation sites is 1. The van der Waals surface area contributed by atoms with E-state index in [0.29, 0.717) is 6.54 Å². The van der Waals surface area contributed by atoms with Gasteiger partial charge in [-0.15, -0.1) is 17.0 Å². The van der Waals surface area contributed by atoms with Crippen LogP contribution in [0, 0.1) is 5.82 Å². The summed E-state index contributed by atoms with van der Waals surface area (Å²) in [6, 6.07) is 37.1. The van der Waals surface area contributed by atoms with Gasteiger partial charge in [0.1, 0.15) is 5.82 Å². The summed E-state index contributed by atoms with van der Waals surface area (Å²) in [5.41, 5.74) is 7.52. The second kappa shape index (κ2) is 10.5. The minimum Gasteiger partial charge on any atom is -0.364 e. The van der Waals surface area contributed by atoms with E-state index >= 15 is 0 Å². The number of aromatic nitrogens is 1. The maximum Gasteiger partial charge on any atom is 0.123 e. The molecule has 0 fully saturated rings. The van der Waals surface area contributed by atoms with Crippen molar-refractivity contribution < 1.29 is 4.39 Å². The van der Waals surface area contributed by atoms with Gasteiger partial charge in [-0.2, -0.15) is 0 Å². The lowest BCUT2D eigenvalue weighted by molar-refractivity contribution is 0.257. The minimum absolute atomic E-state index is 0. The highest BCUT2D eigenvalue weighted by Gasteiger charge is 2.30. The normalized spacial score (nSPS) is 14.5. The van der Waals surface area contributed by atoms with Crippen LogP contribution in [0.1, 0.15) is 34.0 Å². The van der Waals surface area contributed by atoms with Gasteiger partial charge in [-0.3, -0.25) is 0 Å². The third-order valence-electron chi connectivity index (χ3n) is 6.93. The molecule has 1 atom stereocenters. The van der Waals surface area contributed by atoms with Crippen LogP contribution in [-0.4, -0.2) is 9.47 Å². The average Bonchev–Trinajstić information content (AvgIpc) is 3.22. The van der Waals surface area contributed by atoms with Crippen molar-refractivity contribution in [2.75, 3.05) is 0 Å². The lowest BCUT2D eigenvalue weighted by atomic mass is 9.95. The van der Waals surface area contributed by atoms with Crippen LogP contribution in [0.2, 0.25) is 0 Å². The summed E-state index contributed by atoms with van der Waals surface area (Å²) in [6.07, 6.45) is 5.44. The van der Waals surface area contributed by atoms with Crippen LogP contribution in [0.15, 0.2) is 115 Å². The first-order chi connectivity index (χ1) is 17.3. The predicted molar refractivity (Wildman–Crippen MR) is 152 cm³/mol. The molecular formula is C32H28BrFN2. The molecule has 6 rings (SSSR count). The number of nitrogens with zero attached hydrogens (tertiary/aromatic N) is 2. The summed E-state index contributed by atoms with van der Waals surface area (Å²) in [7, 11) is 0. The Balaban J connectivity index is 0.00000267. The van der Waals surface area contributed by atoms with Crippen LogP contribution in [0.3, 0.4) is 0 Å². The number of rotatable bonds is 6. The molecule has 2 heterocycles. The van der Waals surface area contributed by atoms with Gasteiger partial charge in [0.05, 0.1) is 6.04 Å². The van der Waals surface area contributed by atoms with Gasteiger partial charge in [0.15, 0.2) is 0 Å². The molecule has 36 heavy (non-hydrogen) atoms. The van der Waals surface area contributed by atoms with Crippen LogP contribution in [-0.2, 0) is 19.5 Å². The maximum absolute atomic E-state index is 13.6. The second-order valence-electron chi connectivity index (χ2n) is 9.21. The van der Waals surface area contributed by atoms with E-state index in [1.54, 1.807) is 12.1 Å². The zero-order chi connectivity index (χ0) is 23.6. The van der Waals surface area contributed by atoms with Crippen molar-refractivity contribution in [2.45, 2.75) is 25.6 Å². The molecule has 5 aromatic rings. The molecule has 0 bridgehead atoms. The van der Waals surface area contributed by atoms with Crippen molar-refractivity contribution in [2.24, 2.45) is 0 Å². The molecule has 4 heteroatoms. The summed E-state index contributed by atoms with van der Waals surface area (Å²) >= 11 is 0. The molecule has 0 N–H and O–H groups in total. The molecule has 4 aromatic carbocycles. The summed E-state index contributed by atoms with van der Waals surface area (Å²) in [5.74, 6) is -0.202. The Bertz CT molecular complexity index is 1470. The average molecular weight is 539 g/mol. The van der Waals surface area contributed by atoms with Gasteiger partial charge in [-0.25, -0.2) is 4.39 Å². The highest BCUT2D eigenvalue weighted by molar-refractivity contribution is 8.93. The standard InChI is InChI=1S/C32H27FN2.BrH/c33-27-17-15-26(16-18-27)23-35-30-14-8-7-13-28(30)29-19-20-34(22-25-11-5-2-6-12-25)31(32(29)35)21-24-9-3-1-4-10-24;/h1-20,31H,21-23H2;1H. The molecule has 1 aliphatic heterocycles. The van der Waals surface area contributed by atoms with Gasteiger partial charge in [0.2, 0.25) is 0 Å². The maximum atomic E-state index is 13.6. The van der Waals surface area contributed by atoms with Crippen LogP contribution in [0.5, 0.6) is 0 Å². The number of benzene rings is 4. The van der Waals surface area contributed by atoms with Gasteiger partial charge in [0.25, 0.3) is 0 Å². The molecule has 0 saturated carbocycles. The van der Waals surface area contributed by atoms with Gasteiger partial charge >= 0.3 is 0 Å². The van der Waals surface area contributed by atoms with Crippen LogP contribution in [0.4, 0.5) is 4.39 Å². The Kier molecular flexibility index (Phi) is 7.06. The highest BCUT2D eigenvalue weighted by Crippen LogP contribution is 2.40. The minimum atomic E-state index is -0.202. The summed E-state index contributed by atoms with van der Waals surface area (Å²) in [5, 5.41) is 1.26. The Morgan fingerprint density at radius 1 is 0.639 bits per heavy atom. The van der Waals surface area contributed by atoms with E-state index in [1.165, 1.54) is 33.3 Å². The van der Waals surface area contributed by atoms with Gasteiger partial charge in [-0.1, -0.05) is 91.0 Å². The van der Waals surface area contributed by atoms with E-state index in [0.717, 1.165) is 18.5 Å². The molecule has 0 amide bonds. The molecule has 180 valence electrons. The van der Waals surface area contributed by atoms with Crippen molar-refractivity contribution in [3.05, 3.63) is 149 Å². The number of hydrogen-bond donors (Lipinski definition) is 0. The van der Waals surface area contributed by atoms with Crippen LogP contribution in [0.25, 0.3) is 17.0 Å². The molecule has 0 saturated heterocycles. The van der Waals surface area contributed by atoms with E-state index in [-0.39, 0.29) is 28.8 Å². The first kappa shape index (κ1) is 24.1. The lowest BCUT2D eigenvalue weighted by Gasteiger charge is -2.35. The zero-order valence-corrected chi connectivity index (χ0v) is 21.6. The highest BCUT2D eigenvalue weighted by atomic mass is 79.9. The lowest BCUT2D eigenvalue weighted by Crippen LogP contribution is -2.30. The van der Waals surface area contributed by atoms with E-state index in [2.05, 4.69) is 107 Å². The van der Waals surface area contributed by atoms with Crippen molar-refractivity contribution in [3.63, 3.8) is 0 Å². The smallest absolute Gasteiger partial charge is 0.123 e. The third-order valence-corrected chi connectivity index (χ3v) is 6.93. The fraction of sp³-hybridized carbons (Fsp3) is 0.125.